The van der Waals surface area contributed by atoms with Gasteiger partial charge in [0, 0.05) is 50.9 Å². The van der Waals surface area contributed by atoms with Crippen molar-refractivity contribution < 1.29 is 14.3 Å². The molecule has 6 nitrogen and oxygen atoms in total. The fraction of sp³-hybridized carbons (Fsp3) is 0.545. The summed E-state index contributed by atoms with van der Waals surface area (Å²) in [5.74, 6) is 0.176. The van der Waals surface area contributed by atoms with Gasteiger partial charge in [-0.3, -0.25) is 9.59 Å². The van der Waals surface area contributed by atoms with E-state index in [1.165, 1.54) is 0 Å². The van der Waals surface area contributed by atoms with E-state index in [9.17, 15) is 9.59 Å². The largest absolute Gasteiger partial charge is 0.383 e. The number of aromatic nitrogens is 1. The molecule has 0 radical (unpaired) electrons. The number of fused-ring (bicyclic) bond motifs is 1. The van der Waals surface area contributed by atoms with Crippen LogP contribution in [-0.4, -0.2) is 65.1 Å². The Morgan fingerprint density at radius 1 is 1.18 bits per heavy atom. The van der Waals surface area contributed by atoms with E-state index in [4.69, 9.17) is 4.74 Å². The minimum atomic E-state index is -0.645. The van der Waals surface area contributed by atoms with Gasteiger partial charge in [0.1, 0.15) is 5.54 Å². The maximum absolute atomic E-state index is 13.3. The molecule has 1 atom stereocenters. The van der Waals surface area contributed by atoms with Gasteiger partial charge in [0.25, 0.3) is 0 Å². The molecule has 2 saturated heterocycles. The molecule has 0 bridgehead atoms. The van der Waals surface area contributed by atoms with Crippen molar-refractivity contribution in [2.45, 2.75) is 37.6 Å². The molecule has 0 aliphatic carbocycles. The van der Waals surface area contributed by atoms with Gasteiger partial charge in [-0.15, -0.1) is 0 Å². The van der Waals surface area contributed by atoms with Crippen LogP contribution in [-0.2, 0) is 27.8 Å². The molecule has 1 spiro atoms. The lowest BCUT2D eigenvalue weighted by Gasteiger charge is -2.44. The molecule has 28 heavy (non-hydrogen) atoms. The van der Waals surface area contributed by atoms with Crippen LogP contribution >= 0.6 is 0 Å². The van der Waals surface area contributed by atoms with Crippen molar-refractivity contribution in [3.63, 3.8) is 0 Å². The molecule has 2 aromatic rings. The van der Waals surface area contributed by atoms with Crippen LogP contribution in [0.1, 0.15) is 31.2 Å². The number of methoxy groups -OCH3 is 1. The second kappa shape index (κ2) is 7.59. The highest BCUT2D eigenvalue weighted by molar-refractivity contribution is 5.95. The monoisotopic (exact) mass is 383 g/mol. The molecule has 2 amide bonds. The summed E-state index contributed by atoms with van der Waals surface area (Å²) in [4.78, 5) is 30.4. The summed E-state index contributed by atoms with van der Waals surface area (Å²) in [6, 6.07) is 8.15. The number of ether oxygens (including phenoxy) is 1. The molecule has 3 heterocycles. The lowest BCUT2D eigenvalue weighted by molar-refractivity contribution is -0.155. The number of hydrogen-bond donors (Lipinski definition) is 0. The molecule has 4 rings (SSSR count). The quantitative estimate of drug-likeness (QED) is 0.796. The molecule has 2 aliphatic rings. The van der Waals surface area contributed by atoms with E-state index in [-0.39, 0.29) is 11.8 Å². The molecule has 6 heteroatoms. The first-order valence-electron chi connectivity index (χ1n) is 10.2. The molecule has 150 valence electrons. The van der Waals surface area contributed by atoms with Crippen LogP contribution < -0.4 is 0 Å². The number of aryl methyl sites for hydroxylation is 1. The second-order valence-electron chi connectivity index (χ2n) is 8.03. The molecular weight excluding hydrogens is 354 g/mol. The van der Waals surface area contributed by atoms with E-state index >= 15 is 0 Å². The number of benzene rings is 1. The van der Waals surface area contributed by atoms with Crippen molar-refractivity contribution in [3.8, 4) is 0 Å². The number of rotatable bonds is 5. The Labute approximate surface area is 166 Å². The fourth-order valence-electron chi connectivity index (χ4n) is 5.03. The van der Waals surface area contributed by atoms with E-state index in [1.807, 2.05) is 35.2 Å². The number of likely N-dealkylation sites (tertiary alicyclic amines) is 2. The van der Waals surface area contributed by atoms with Crippen LogP contribution in [0.4, 0.5) is 0 Å². The van der Waals surface area contributed by atoms with Crippen LogP contribution in [0, 0.1) is 0 Å². The van der Waals surface area contributed by atoms with E-state index in [0.29, 0.717) is 26.1 Å². The zero-order valence-corrected chi connectivity index (χ0v) is 16.8. The third-order valence-corrected chi connectivity index (χ3v) is 6.38. The van der Waals surface area contributed by atoms with E-state index in [1.54, 1.807) is 7.11 Å². The highest BCUT2D eigenvalue weighted by Crippen LogP contribution is 2.39. The van der Waals surface area contributed by atoms with Crippen LogP contribution in [0.3, 0.4) is 0 Å². The zero-order chi connectivity index (χ0) is 19.7. The standard InChI is InChI=1S/C22H29N3O3/c1-23-16-17(18-7-3-4-8-19(18)23)15-20(26)25-12-6-10-22(25)9-5-11-24(21(22)27)13-14-28-2/h3-4,7-8,16H,5-6,9-15H2,1-2H3. The molecule has 1 aromatic carbocycles. The zero-order valence-electron chi connectivity index (χ0n) is 16.8. The number of hydrogen-bond acceptors (Lipinski definition) is 3. The van der Waals surface area contributed by atoms with Crippen molar-refractivity contribution in [1.82, 2.24) is 14.4 Å². The Hall–Kier alpha value is -2.34. The van der Waals surface area contributed by atoms with Crippen LogP contribution in [0.2, 0.25) is 0 Å². The summed E-state index contributed by atoms with van der Waals surface area (Å²) in [5.41, 5.74) is 1.51. The SMILES string of the molecule is COCCN1CCCC2(CCCN2C(=O)Cc2cn(C)c3ccccc23)C1=O. The average Bonchev–Trinajstić information content (AvgIpc) is 3.26. The molecule has 2 fully saturated rings. The number of amides is 2. The smallest absolute Gasteiger partial charge is 0.248 e. The third-order valence-electron chi connectivity index (χ3n) is 6.38. The number of nitrogens with zero attached hydrogens (tertiary/aromatic N) is 3. The summed E-state index contributed by atoms with van der Waals surface area (Å²) in [5, 5.41) is 1.11. The van der Waals surface area contributed by atoms with Crippen molar-refractivity contribution in [1.29, 1.82) is 0 Å². The van der Waals surface area contributed by atoms with Gasteiger partial charge in [0.05, 0.1) is 13.0 Å². The predicted octanol–water partition coefficient (Wildman–Crippen LogP) is 2.35. The first kappa shape index (κ1) is 19.0. The fourth-order valence-corrected chi connectivity index (χ4v) is 5.03. The Kier molecular flexibility index (Phi) is 5.15. The van der Waals surface area contributed by atoms with Crippen molar-refractivity contribution in [2.24, 2.45) is 7.05 Å². The van der Waals surface area contributed by atoms with E-state index in [2.05, 4.69) is 16.7 Å². The topological polar surface area (TPSA) is 54.8 Å². The molecule has 2 aliphatic heterocycles. The van der Waals surface area contributed by atoms with Crippen LogP contribution in [0.15, 0.2) is 30.5 Å². The van der Waals surface area contributed by atoms with Gasteiger partial charge in [-0.2, -0.15) is 0 Å². The summed E-state index contributed by atoms with van der Waals surface area (Å²) in [6.45, 7) is 2.57. The number of para-hydroxylation sites is 1. The molecule has 0 N–H and O–H groups in total. The third kappa shape index (κ3) is 3.09. The van der Waals surface area contributed by atoms with Crippen LogP contribution in [0.5, 0.6) is 0 Å². The maximum atomic E-state index is 13.3. The lowest BCUT2D eigenvalue weighted by atomic mass is 9.85. The highest BCUT2D eigenvalue weighted by Gasteiger charge is 2.52. The van der Waals surface area contributed by atoms with Gasteiger partial charge in [0.15, 0.2) is 0 Å². The van der Waals surface area contributed by atoms with Crippen molar-refractivity contribution in [3.05, 3.63) is 36.0 Å². The van der Waals surface area contributed by atoms with E-state index in [0.717, 1.165) is 48.7 Å². The van der Waals surface area contributed by atoms with Gasteiger partial charge < -0.3 is 19.1 Å². The molecular formula is C22H29N3O3. The minimum Gasteiger partial charge on any atom is -0.383 e. The Bertz CT molecular complexity index is 890. The molecule has 1 aromatic heterocycles. The Balaban J connectivity index is 1.57. The first-order chi connectivity index (χ1) is 13.6. The lowest BCUT2D eigenvalue weighted by Crippen LogP contribution is -2.61. The maximum Gasteiger partial charge on any atom is 0.248 e. The van der Waals surface area contributed by atoms with Gasteiger partial charge in [-0.1, -0.05) is 18.2 Å². The molecule has 1 unspecified atom stereocenters. The normalized spacial score (nSPS) is 22.6. The molecule has 0 saturated carbocycles. The highest BCUT2D eigenvalue weighted by atomic mass is 16.5. The number of piperidine rings is 1. The predicted molar refractivity (Wildman–Crippen MR) is 108 cm³/mol. The minimum absolute atomic E-state index is 0.0656. The van der Waals surface area contributed by atoms with E-state index < -0.39 is 5.54 Å². The summed E-state index contributed by atoms with van der Waals surface area (Å²) >= 11 is 0. The number of carbonyl (C=O) groups is 2. The summed E-state index contributed by atoms with van der Waals surface area (Å²) in [7, 11) is 3.66. The Morgan fingerprint density at radius 2 is 1.93 bits per heavy atom. The summed E-state index contributed by atoms with van der Waals surface area (Å²) < 4.78 is 7.23. The number of carbonyl (C=O) groups excluding carboxylic acids is 2. The van der Waals surface area contributed by atoms with Gasteiger partial charge >= 0.3 is 0 Å². The Morgan fingerprint density at radius 3 is 2.71 bits per heavy atom. The average molecular weight is 383 g/mol. The van der Waals surface area contributed by atoms with Crippen LogP contribution in [0.25, 0.3) is 10.9 Å². The van der Waals surface area contributed by atoms with Crippen molar-refractivity contribution in [2.75, 3.05) is 33.4 Å². The van der Waals surface area contributed by atoms with Crippen molar-refractivity contribution >= 4 is 22.7 Å². The first-order valence-corrected chi connectivity index (χ1v) is 10.2. The second-order valence-corrected chi connectivity index (χ2v) is 8.03. The van der Waals surface area contributed by atoms with Gasteiger partial charge in [-0.25, -0.2) is 0 Å². The summed E-state index contributed by atoms with van der Waals surface area (Å²) in [6.07, 6.45) is 5.76. The van der Waals surface area contributed by atoms with Gasteiger partial charge in [-0.05, 0) is 37.3 Å². The van der Waals surface area contributed by atoms with Gasteiger partial charge in [0.2, 0.25) is 11.8 Å².